The summed E-state index contributed by atoms with van der Waals surface area (Å²) in [5.41, 5.74) is 2.95. The number of carbonyl (C=O) groups excluding carboxylic acids is 1. The van der Waals surface area contributed by atoms with E-state index in [1.165, 1.54) is 31.2 Å². The van der Waals surface area contributed by atoms with Crippen LogP contribution in [0.1, 0.15) is 55.6 Å². The highest BCUT2D eigenvalue weighted by Crippen LogP contribution is 2.42. The summed E-state index contributed by atoms with van der Waals surface area (Å²) < 4.78 is 5.41. The Morgan fingerprint density at radius 3 is 2.56 bits per heavy atom. The molecule has 6 heteroatoms. The maximum atomic E-state index is 13.3. The van der Waals surface area contributed by atoms with Crippen molar-refractivity contribution in [2.45, 2.75) is 56.5 Å². The average Bonchev–Trinajstić information content (AvgIpc) is 3.41. The molecule has 3 atom stereocenters. The lowest BCUT2D eigenvalue weighted by atomic mass is 9.74. The van der Waals surface area contributed by atoms with Crippen molar-refractivity contribution in [3.8, 4) is 17.6 Å². The van der Waals surface area contributed by atoms with Crippen molar-refractivity contribution < 1.29 is 14.6 Å². The van der Waals surface area contributed by atoms with E-state index in [1.807, 2.05) is 29.2 Å². The molecule has 2 aromatic carbocycles. The number of aliphatic hydroxyl groups is 1. The molecule has 3 fully saturated rings. The molecule has 0 spiro atoms. The minimum Gasteiger partial charge on any atom is -0.495 e. The zero-order chi connectivity index (χ0) is 24.9. The second-order valence-corrected chi connectivity index (χ2v) is 10.2. The van der Waals surface area contributed by atoms with Gasteiger partial charge in [0.25, 0.3) is 0 Å². The second-order valence-electron chi connectivity index (χ2n) is 10.2. The van der Waals surface area contributed by atoms with E-state index in [1.54, 1.807) is 7.11 Å². The Bertz CT molecular complexity index is 1100. The van der Waals surface area contributed by atoms with E-state index >= 15 is 0 Å². The molecule has 2 aliphatic heterocycles. The van der Waals surface area contributed by atoms with Crippen LogP contribution in [0.2, 0.25) is 0 Å². The minimum absolute atomic E-state index is 0.0858. The van der Waals surface area contributed by atoms with E-state index in [2.05, 4.69) is 46.3 Å². The minimum atomic E-state index is -0.106. The molecule has 0 radical (unpaired) electrons. The number of para-hydroxylation sites is 2. The van der Waals surface area contributed by atoms with Crippen molar-refractivity contribution in [2.24, 2.45) is 5.92 Å². The summed E-state index contributed by atoms with van der Waals surface area (Å²) in [6.45, 7) is 2.43. The third-order valence-electron chi connectivity index (χ3n) is 8.08. The summed E-state index contributed by atoms with van der Waals surface area (Å²) in [5, 5.41) is 13.3. The highest BCUT2D eigenvalue weighted by molar-refractivity contribution is 5.91. The van der Waals surface area contributed by atoms with Gasteiger partial charge in [0.15, 0.2) is 0 Å². The molecule has 2 saturated heterocycles. The fourth-order valence-corrected chi connectivity index (χ4v) is 6.11. The number of aliphatic hydroxyl groups excluding tert-OH is 1. The lowest BCUT2D eigenvalue weighted by Crippen LogP contribution is -2.68. The molecular weight excluding hydrogens is 450 g/mol. The van der Waals surface area contributed by atoms with Crippen LogP contribution in [0.25, 0.3) is 0 Å². The number of nitrogens with zero attached hydrogens (tertiary/aromatic N) is 2. The Balaban J connectivity index is 1.31. The van der Waals surface area contributed by atoms with Gasteiger partial charge in [-0.25, -0.2) is 4.79 Å². The van der Waals surface area contributed by atoms with E-state index in [0.717, 1.165) is 31.5 Å². The molecule has 190 valence electrons. The van der Waals surface area contributed by atoms with Gasteiger partial charge in [-0.3, -0.25) is 4.90 Å². The number of fused-ring (bicyclic) bond motifs is 1. The van der Waals surface area contributed by atoms with Gasteiger partial charge in [0.05, 0.1) is 19.4 Å². The number of amides is 2. The molecule has 6 nitrogen and oxygen atoms in total. The molecular formula is C30H37N3O3. The molecule has 1 saturated carbocycles. The van der Waals surface area contributed by atoms with Crippen molar-refractivity contribution in [1.82, 2.24) is 9.80 Å². The Labute approximate surface area is 214 Å². The summed E-state index contributed by atoms with van der Waals surface area (Å²) in [6, 6.07) is 16.2. The molecule has 0 unspecified atom stereocenters. The standard InChI is InChI=1S/C30H37N3O3/c1-36-28-11-5-4-10-25(28)31-30(35)32-18-6-7-19-33-26(20-32)29(27(33)21-34)24-16-14-23(15-17-24)13-12-22-8-2-3-9-22/h4-5,10-11,14-17,22,26-27,29,34H,2-3,6-9,18-21H2,1H3,(H,31,35)/t26-,27-,29+/m0/s1. The molecule has 1 aliphatic carbocycles. The molecule has 2 N–H and O–H groups in total. The summed E-state index contributed by atoms with van der Waals surface area (Å²) in [7, 11) is 1.61. The van der Waals surface area contributed by atoms with Crippen LogP contribution in [0, 0.1) is 17.8 Å². The normalized spacial score (nSPS) is 24.5. The fraction of sp³-hybridized carbons (Fsp3) is 0.500. The van der Waals surface area contributed by atoms with Gasteiger partial charge >= 0.3 is 6.03 Å². The highest BCUT2D eigenvalue weighted by Gasteiger charge is 2.49. The van der Waals surface area contributed by atoms with Gasteiger partial charge in [-0.05, 0) is 62.1 Å². The molecule has 0 aromatic heterocycles. The molecule has 5 rings (SSSR count). The number of hydrogen-bond donors (Lipinski definition) is 2. The number of hydrogen-bond acceptors (Lipinski definition) is 4. The summed E-state index contributed by atoms with van der Waals surface area (Å²) in [4.78, 5) is 17.6. The number of nitrogens with one attached hydrogen (secondary N) is 1. The SMILES string of the molecule is COc1ccccc1NC(=O)N1CCCCN2[C@@H](CO)[C@H](c3ccc(C#CC4CCCC4)cc3)[C@@H]2C1. The van der Waals surface area contributed by atoms with Crippen LogP contribution in [-0.2, 0) is 0 Å². The van der Waals surface area contributed by atoms with E-state index in [9.17, 15) is 9.90 Å². The molecule has 2 amide bonds. The largest absolute Gasteiger partial charge is 0.495 e. The van der Waals surface area contributed by atoms with Crippen LogP contribution in [0.15, 0.2) is 48.5 Å². The summed E-state index contributed by atoms with van der Waals surface area (Å²) >= 11 is 0. The first kappa shape index (κ1) is 24.7. The molecule has 2 heterocycles. The molecule has 3 aliphatic rings. The van der Waals surface area contributed by atoms with Crippen LogP contribution in [0.4, 0.5) is 10.5 Å². The number of methoxy groups -OCH3 is 1. The van der Waals surface area contributed by atoms with Crippen LogP contribution in [0.5, 0.6) is 5.75 Å². The quantitative estimate of drug-likeness (QED) is 0.614. The predicted molar refractivity (Wildman–Crippen MR) is 142 cm³/mol. The van der Waals surface area contributed by atoms with Gasteiger partial charge < -0.3 is 20.1 Å². The Hall–Kier alpha value is -3.01. The van der Waals surface area contributed by atoms with Gasteiger partial charge in [-0.2, -0.15) is 0 Å². The maximum absolute atomic E-state index is 13.3. The predicted octanol–water partition coefficient (Wildman–Crippen LogP) is 4.69. The average molecular weight is 488 g/mol. The van der Waals surface area contributed by atoms with Crippen LogP contribution in [-0.4, -0.2) is 66.4 Å². The zero-order valence-electron chi connectivity index (χ0n) is 21.2. The third kappa shape index (κ3) is 5.23. The fourth-order valence-electron chi connectivity index (χ4n) is 6.11. The number of carbonyl (C=O) groups is 1. The first-order chi connectivity index (χ1) is 17.7. The summed E-state index contributed by atoms with van der Waals surface area (Å²) in [6.07, 6.45) is 7.00. The van der Waals surface area contributed by atoms with E-state index in [4.69, 9.17) is 4.74 Å². The molecule has 36 heavy (non-hydrogen) atoms. The van der Waals surface area contributed by atoms with E-state index in [0.29, 0.717) is 23.9 Å². The lowest BCUT2D eigenvalue weighted by molar-refractivity contribution is -0.0585. The van der Waals surface area contributed by atoms with Crippen LogP contribution in [0.3, 0.4) is 0 Å². The van der Waals surface area contributed by atoms with Gasteiger partial charge in [0, 0.05) is 42.6 Å². The smallest absolute Gasteiger partial charge is 0.322 e. The van der Waals surface area contributed by atoms with Gasteiger partial charge in [0.2, 0.25) is 0 Å². The van der Waals surface area contributed by atoms with E-state index < -0.39 is 0 Å². The Kier molecular flexibility index (Phi) is 7.79. The van der Waals surface area contributed by atoms with Crippen molar-refractivity contribution in [3.05, 3.63) is 59.7 Å². The Morgan fingerprint density at radius 1 is 1.06 bits per heavy atom. The number of rotatable bonds is 4. The summed E-state index contributed by atoms with van der Waals surface area (Å²) in [5.74, 6) is 8.19. The first-order valence-corrected chi connectivity index (χ1v) is 13.3. The second kappa shape index (κ2) is 11.4. The number of ether oxygens (including phenoxy) is 1. The van der Waals surface area contributed by atoms with Crippen molar-refractivity contribution >= 4 is 11.7 Å². The first-order valence-electron chi connectivity index (χ1n) is 13.3. The number of urea groups is 1. The lowest BCUT2D eigenvalue weighted by Gasteiger charge is -2.57. The third-order valence-corrected chi connectivity index (χ3v) is 8.08. The monoisotopic (exact) mass is 487 g/mol. The van der Waals surface area contributed by atoms with Gasteiger partial charge in [-0.15, -0.1) is 0 Å². The number of benzene rings is 2. The van der Waals surface area contributed by atoms with Crippen LogP contribution < -0.4 is 10.1 Å². The van der Waals surface area contributed by atoms with Gasteiger partial charge in [-0.1, -0.05) is 48.9 Å². The topological polar surface area (TPSA) is 65.0 Å². The van der Waals surface area contributed by atoms with Crippen molar-refractivity contribution in [3.63, 3.8) is 0 Å². The Morgan fingerprint density at radius 2 is 1.81 bits per heavy atom. The highest BCUT2D eigenvalue weighted by atomic mass is 16.5. The van der Waals surface area contributed by atoms with Crippen molar-refractivity contribution in [1.29, 1.82) is 0 Å². The van der Waals surface area contributed by atoms with E-state index in [-0.39, 0.29) is 30.6 Å². The van der Waals surface area contributed by atoms with Gasteiger partial charge in [0.1, 0.15) is 5.75 Å². The maximum Gasteiger partial charge on any atom is 0.322 e. The molecule has 0 bridgehead atoms. The van der Waals surface area contributed by atoms with Crippen molar-refractivity contribution in [2.75, 3.05) is 38.7 Å². The number of anilines is 1. The molecule has 2 aromatic rings. The zero-order valence-corrected chi connectivity index (χ0v) is 21.2. The van der Waals surface area contributed by atoms with Crippen LogP contribution >= 0.6 is 0 Å².